The summed E-state index contributed by atoms with van der Waals surface area (Å²) in [5.74, 6) is 0. The highest BCUT2D eigenvalue weighted by molar-refractivity contribution is 5.70. The maximum absolute atomic E-state index is 4.40. The third-order valence-electron chi connectivity index (χ3n) is 4.67. The summed E-state index contributed by atoms with van der Waals surface area (Å²) >= 11 is 0. The second kappa shape index (κ2) is 6.96. The molecule has 2 fully saturated rings. The van der Waals surface area contributed by atoms with Crippen LogP contribution < -0.4 is 9.80 Å². The third kappa shape index (κ3) is 3.25. The van der Waals surface area contributed by atoms with Crippen molar-refractivity contribution < 1.29 is 0 Å². The Labute approximate surface area is 123 Å². The van der Waals surface area contributed by atoms with Crippen LogP contribution in [-0.2, 0) is 0 Å². The summed E-state index contributed by atoms with van der Waals surface area (Å²) in [5.41, 5.74) is 2.79. The van der Waals surface area contributed by atoms with Gasteiger partial charge in [0.15, 0.2) is 0 Å². The summed E-state index contributed by atoms with van der Waals surface area (Å²) in [6.07, 6.45) is 14.9. The summed E-state index contributed by atoms with van der Waals surface area (Å²) in [6, 6.07) is 2.23. The second-order valence-electron chi connectivity index (χ2n) is 6.17. The van der Waals surface area contributed by atoms with Crippen LogP contribution in [0.4, 0.5) is 11.4 Å². The number of hydrogen-bond donors (Lipinski definition) is 0. The van der Waals surface area contributed by atoms with Gasteiger partial charge in [0.2, 0.25) is 0 Å². The molecule has 3 rings (SSSR count). The highest BCUT2D eigenvalue weighted by atomic mass is 15.2. The van der Waals surface area contributed by atoms with Gasteiger partial charge in [0, 0.05) is 32.4 Å². The quantitative estimate of drug-likeness (QED) is 0.816. The van der Waals surface area contributed by atoms with E-state index >= 15 is 0 Å². The zero-order valence-electron chi connectivity index (χ0n) is 12.6. The molecule has 0 N–H and O–H groups in total. The van der Waals surface area contributed by atoms with E-state index < -0.39 is 0 Å². The number of nitrogens with zero attached hydrogens (tertiary/aromatic N) is 3. The van der Waals surface area contributed by atoms with Gasteiger partial charge in [-0.15, -0.1) is 0 Å². The van der Waals surface area contributed by atoms with E-state index in [-0.39, 0.29) is 0 Å². The molecular formula is C17H27N3. The molecule has 0 unspecified atom stereocenters. The minimum atomic E-state index is 1.20. The molecule has 3 heterocycles. The van der Waals surface area contributed by atoms with Crippen molar-refractivity contribution in [1.29, 1.82) is 0 Å². The van der Waals surface area contributed by atoms with Crippen LogP contribution in [0.5, 0.6) is 0 Å². The van der Waals surface area contributed by atoms with Crippen molar-refractivity contribution in [2.75, 3.05) is 36.0 Å². The van der Waals surface area contributed by atoms with E-state index in [0.717, 1.165) is 0 Å². The molecule has 0 spiro atoms. The van der Waals surface area contributed by atoms with Crippen molar-refractivity contribution in [3.05, 3.63) is 18.5 Å². The van der Waals surface area contributed by atoms with Crippen LogP contribution in [0.2, 0.25) is 0 Å². The number of hydrogen-bond acceptors (Lipinski definition) is 3. The molecule has 0 radical (unpaired) electrons. The monoisotopic (exact) mass is 273 g/mol. The van der Waals surface area contributed by atoms with Gasteiger partial charge < -0.3 is 9.80 Å². The van der Waals surface area contributed by atoms with Crippen molar-refractivity contribution in [1.82, 2.24) is 4.98 Å². The molecule has 0 atom stereocenters. The Balaban J connectivity index is 1.82. The molecule has 2 aliphatic rings. The molecule has 3 nitrogen and oxygen atoms in total. The van der Waals surface area contributed by atoms with Gasteiger partial charge in [-0.2, -0.15) is 0 Å². The van der Waals surface area contributed by atoms with Gasteiger partial charge in [-0.3, -0.25) is 4.98 Å². The van der Waals surface area contributed by atoms with Gasteiger partial charge in [0.25, 0.3) is 0 Å². The van der Waals surface area contributed by atoms with E-state index in [9.17, 15) is 0 Å². The Morgan fingerprint density at radius 2 is 1.15 bits per heavy atom. The second-order valence-corrected chi connectivity index (χ2v) is 6.17. The molecule has 20 heavy (non-hydrogen) atoms. The zero-order valence-corrected chi connectivity index (χ0v) is 12.6. The molecule has 3 heteroatoms. The van der Waals surface area contributed by atoms with Gasteiger partial charge in [-0.05, 0) is 31.7 Å². The maximum atomic E-state index is 4.40. The number of rotatable bonds is 2. The molecule has 1 aromatic rings. The number of pyridine rings is 1. The fraction of sp³-hybridized carbons (Fsp3) is 0.706. The maximum Gasteiger partial charge on any atom is 0.0790 e. The minimum Gasteiger partial charge on any atom is -0.370 e. The van der Waals surface area contributed by atoms with Crippen molar-refractivity contribution in [3.63, 3.8) is 0 Å². The lowest BCUT2D eigenvalue weighted by Gasteiger charge is -2.30. The Bertz CT molecular complexity index is 363. The molecule has 2 saturated heterocycles. The fourth-order valence-electron chi connectivity index (χ4n) is 3.51. The molecule has 0 bridgehead atoms. The van der Waals surface area contributed by atoms with Crippen molar-refractivity contribution >= 4 is 11.4 Å². The summed E-state index contributed by atoms with van der Waals surface area (Å²) in [7, 11) is 0. The van der Waals surface area contributed by atoms with Gasteiger partial charge in [-0.25, -0.2) is 0 Å². The molecule has 0 aromatic carbocycles. The molecule has 0 amide bonds. The predicted molar refractivity (Wildman–Crippen MR) is 85.6 cm³/mol. The average molecular weight is 273 g/mol. The van der Waals surface area contributed by atoms with Crippen LogP contribution in [-0.4, -0.2) is 31.2 Å². The molecule has 0 aliphatic carbocycles. The lowest BCUT2D eigenvalue weighted by atomic mass is 10.2. The predicted octanol–water partition coefficient (Wildman–Crippen LogP) is 3.84. The summed E-state index contributed by atoms with van der Waals surface area (Å²) < 4.78 is 0. The summed E-state index contributed by atoms with van der Waals surface area (Å²) in [6.45, 7) is 4.83. The van der Waals surface area contributed by atoms with Gasteiger partial charge in [0.05, 0.1) is 17.6 Å². The number of anilines is 2. The first-order chi connectivity index (χ1) is 9.95. The average Bonchev–Trinajstić information content (AvgIpc) is 2.92. The lowest BCUT2D eigenvalue weighted by molar-refractivity contribution is 0.726. The van der Waals surface area contributed by atoms with Crippen molar-refractivity contribution in [2.24, 2.45) is 0 Å². The highest BCUT2D eigenvalue weighted by Crippen LogP contribution is 2.31. The third-order valence-corrected chi connectivity index (χ3v) is 4.67. The van der Waals surface area contributed by atoms with E-state index in [0.29, 0.717) is 0 Å². The van der Waals surface area contributed by atoms with E-state index in [4.69, 9.17) is 0 Å². The Hall–Kier alpha value is -1.25. The number of aromatic nitrogens is 1. The van der Waals surface area contributed by atoms with Crippen molar-refractivity contribution in [2.45, 2.75) is 51.4 Å². The van der Waals surface area contributed by atoms with E-state index in [2.05, 4.69) is 27.0 Å². The van der Waals surface area contributed by atoms with Crippen LogP contribution in [0.1, 0.15) is 51.4 Å². The topological polar surface area (TPSA) is 19.4 Å². The molecule has 0 saturated carbocycles. The molecule has 110 valence electrons. The lowest BCUT2D eigenvalue weighted by Crippen LogP contribution is -2.30. The first-order valence-corrected chi connectivity index (χ1v) is 8.39. The van der Waals surface area contributed by atoms with Crippen LogP contribution in [0.15, 0.2) is 18.5 Å². The molecule has 1 aromatic heterocycles. The molecular weight excluding hydrogens is 246 g/mol. The zero-order chi connectivity index (χ0) is 13.6. The van der Waals surface area contributed by atoms with Crippen molar-refractivity contribution in [3.8, 4) is 0 Å². The van der Waals surface area contributed by atoms with E-state index in [1.807, 2.05) is 6.20 Å². The van der Waals surface area contributed by atoms with E-state index in [1.54, 1.807) is 0 Å². The van der Waals surface area contributed by atoms with Gasteiger partial charge >= 0.3 is 0 Å². The SMILES string of the molecule is c1cc(N2CCCCCC2)c(N2CCCCCC2)cn1. The fourth-order valence-corrected chi connectivity index (χ4v) is 3.51. The summed E-state index contributed by atoms with van der Waals surface area (Å²) in [5, 5.41) is 0. The van der Waals surface area contributed by atoms with Crippen LogP contribution in [0.3, 0.4) is 0 Å². The smallest absolute Gasteiger partial charge is 0.0790 e. The van der Waals surface area contributed by atoms with Gasteiger partial charge in [-0.1, -0.05) is 25.7 Å². The largest absolute Gasteiger partial charge is 0.370 e. The first-order valence-electron chi connectivity index (χ1n) is 8.39. The Kier molecular flexibility index (Phi) is 4.77. The highest BCUT2D eigenvalue weighted by Gasteiger charge is 2.18. The Morgan fingerprint density at radius 1 is 0.650 bits per heavy atom. The normalized spacial score (nSPS) is 21.4. The van der Waals surface area contributed by atoms with Gasteiger partial charge in [0.1, 0.15) is 0 Å². The van der Waals surface area contributed by atoms with E-state index in [1.165, 1.54) is 88.9 Å². The standard InChI is InChI=1S/C17H27N3/c1-2-6-12-19(11-5-1)16-9-10-18-15-17(16)20-13-7-3-4-8-14-20/h9-10,15H,1-8,11-14H2. The minimum absolute atomic E-state index is 1.20. The summed E-state index contributed by atoms with van der Waals surface area (Å²) in [4.78, 5) is 9.56. The van der Waals surface area contributed by atoms with Crippen LogP contribution in [0, 0.1) is 0 Å². The molecule has 2 aliphatic heterocycles. The van der Waals surface area contributed by atoms with Crippen LogP contribution >= 0.6 is 0 Å². The Morgan fingerprint density at radius 3 is 1.70 bits per heavy atom. The van der Waals surface area contributed by atoms with Crippen LogP contribution in [0.25, 0.3) is 0 Å². The first kappa shape index (κ1) is 13.7.